The zero-order valence-electron chi connectivity index (χ0n) is 18.0. The van der Waals surface area contributed by atoms with Crippen LogP contribution in [-0.4, -0.2) is 42.8 Å². The number of hydrogen-bond donors (Lipinski definition) is 1. The van der Waals surface area contributed by atoms with Gasteiger partial charge in [0.15, 0.2) is 0 Å². The topological polar surface area (TPSA) is 122 Å². The average Bonchev–Trinajstić information content (AvgIpc) is 3.37. The second kappa shape index (κ2) is 7.30. The predicted octanol–water partition coefficient (Wildman–Crippen LogP) is 3.49. The standard InChI is InChI=1S/C23H16F3N7O2/c24-23(25,26)12-4-15-19(9-35-21(15)30-7-12)33(13-1-2-13)22(34)14-5-17-16(3-11(14)6-27)31-20(28)18-8-29-10-32(17)18/h3-5,7-8,10,13,19H,1-2,9H2,(H2,28,31)/t19-/m1/s1. The van der Waals surface area contributed by atoms with E-state index in [0.29, 0.717) is 29.4 Å². The summed E-state index contributed by atoms with van der Waals surface area (Å²) in [6, 6.07) is 5.10. The first-order valence-electron chi connectivity index (χ1n) is 10.7. The van der Waals surface area contributed by atoms with Gasteiger partial charge in [-0.25, -0.2) is 15.0 Å². The Morgan fingerprint density at radius 3 is 2.74 bits per heavy atom. The molecule has 0 saturated heterocycles. The Hall–Kier alpha value is -4.40. The van der Waals surface area contributed by atoms with Crippen molar-refractivity contribution in [2.24, 2.45) is 0 Å². The first-order valence-corrected chi connectivity index (χ1v) is 10.7. The summed E-state index contributed by atoms with van der Waals surface area (Å²) in [5, 5.41) is 9.80. The Balaban J connectivity index is 1.48. The second-order valence-corrected chi connectivity index (χ2v) is 8.53. The first-order chi connectivity index (χ1) is 16.8. The van der Waals surface area contributed by atoms with Gasteiger partial charge in [0.2, 0.25) is 5.88 Å². The summed E-state index contributed by atoms with van der Waals surface area (Å²) in [6.07, 6.45) is 0.597. The molecule has 1 amide bonds. The minimum Gasteiger partial charge on any atom is -0.475 e. The van der Waals surface area contributed by atoms with Gasteiger partial charge in [-0.2, -0.15) is 18.4 Å². The Kier molecular flexibility index (Phi) is 4.41. The van der Waals surface area contributed by atoms with E-state index in [4.69, 9.17) is 10.5 Å². The van der Waals surface area contributed by atoms with Gasteiger partial charge in [0, 0.05) is 17.8 Å². The molecule has 1 fully saturated rings. The van der Waals surface area contributed by atoms with Crippen LogP contribution in [0.5, 0.6) is 5.88 Å². The number of halogens is 3. The molecule has 35 heavy (non-hydrogen) atoms. The molecule has 2 aliphatic rings. The molecule has 9 nitrogen and oxygen atoms in total. The van der Waals surface area contributed by atoms with Crippen LogP contribution in [0.2, 0.25) is 0 Å². The summed E-state index contributed by atoms with van der Waals surface area (Å²) in [4.78, 5) is 27.6. The summed E-state index contributed by atoms with van der Waals surface area (Å²) in [6.45, 7) is -0.0226. The van der Waals surface area contributed by atoms with Crippen LogP contribution in [-0.2, 0) is 6.18 Å². The van der Waals surface area contributed by atoms with Crippen molar-refractivity contribution in [3.8, 4) is 11.9 Å². The molecule has 3 aromatic heterocycles. The van der Waals surface area contributed by atoms with Crippen LogP contribution in [0.15, 0.2) is 36.9 Å². The Bertz CT molecular complexity index is 1570. The molecule has 1 aliphatic carbocycles. The smallest absolute Gasteiger partial charge is 0.417 e. The van der Waals surface area contributed by atoms with Gasteiger partial charge in [-0.3, -0.25) is 9.20 Å². The van der Waals surface area contributed by atoms with Crippen LogP contribution in [0.25, 0.3) is 16.6 Å². The molecule has 2 N–H and O–H groups in total. The maximum absolute atomic E-state index is 13.9. The summed E-state index contributed by atoms with van der Waals surface area (Å²) in [5.41, 5.74) is 6.95. The maximum Gasteiger partial charge on any atom is 0.417 e. The molecule has 6 rings (SSSR count). The van der Waals surface area contributed by atoms with Crippen LogP contribution in [0.3, 0.4) is 0 Å². The number of nitrogens with two attached hydrogens (primary N) is 1. The lowest BCUT2D eigenvalue weighted by molar-refractivity contribution is -0.137. The number of imidazole rings is 1. The summed E-state index contributed by atoms with van der Waals surface area (Å²) in [5.74, 6) is -0.180. The lowest BCUT2D eigenvalue weighted by atomic mass is 10.0. The van der Waals surface area contributed by atoms with Crippen LogP contribution in [0.4, 0.5) is 19.0 Å². The molecule has 0 bridgehead atoms. The number of nitriles is 1. The number of aromatic nitrogens is 4. The quantitative estimate of drug-likeness (QED) is 0.477. The largest absolute Gasteiger partial charge is 0.475 e. The molecule has 12 heteroatoms. The summed E-state index contributed by atoms with van der Waals surface area (Å²) < 4.78 is 47.2. The zero-order valence-corrected chi connectivity index (χ0v) is 18.0. The van der Waals surface area contributed by atoms with Crippen molar-refractivity contribution in [2.45, 2.75) is 31.1 Å². The highest BCUT2D eigenvalue weighted by molar-refractivity contribution is 6.01. The van der Waals surface area contributed by atoms with Crippen molar-refractivity contribution in [3.05, 3.63) is 59.2 Å². The van der Waals surface area contributed by atoms with Crippen molar-refractivity contribution >= 4 is 28.3 Å². The molecule has 1 atom stereocenters. The Labute approximate surface area is 195 Å². The van der Waals surface area contributed by atoms with Crippen LogP contribution in [0.1, 0.15) is 45.9 Å². The molecule has 1 aromatic carbocycles. The third kappa shape index (κ3) is 3.30. The van der Waals surface area contributed by atoms with E-state index in [1.54, 1.807) is 10.5 Å². The van der Waals surface area contributed by atoms with Gasteiger partial charge in [0.1, 0.15) is 24.0 Å². The number of benzene rings is 1. The van der Waals surface area contributed by atoms with Crippen molar-refractivity contribution in [1.29, 1.82) is 5.26 Å². The van der Waals surface area contributed by atoms with E-state index < -0.39 is 23.7 Å². The number of nitrogen functional groups attached to an aromatic ring is 1. The molecule has 0 radical (unpaired) electrons. The first kappa shape index (κ1) is 21.2. The van der Waals surface area contributed by atoms with E-state index in [1.165, 1.54) is 23.5 Å². The van der Waals surface area contributed by atoms with Crippen molar-refractivity contribution in [2.75, 3.05) is 12.3 Å². The minimum atomic E-state index is -4.58. The van der Waals surface area contributed by atoms with Crippen LogP contribution < -0.4 is 10.5 Å². The molecular weight excluding hydrogens is 463 g/mol. The second-order valence-electron chi connectivity index (χ2n) is 8.53. The molecular formula is C23H16F3N7O2. The number of carbonyl (C=O) groups excluding carboxylic acids is 1. The molecule has 0 spiro atoms. The highest BCUT2D eigenvalue weighted by atomic mass is 19.4. The van der Waals surface area contributed by atoms with Gasteiger partial charge < -0.3 is 15.4 Å². The van der Waals surface area contributed by atoms with Gasteiger partial charge in [-0.1, -0.05) is 0 Å². The lowest BCUT2D eigenvalue weighted by Crippen LogP contribution is -2.38. The van der Waals surface area contributed by atoms with Gasteiger partial charge in [-0.05, 0) is 31.0 Å². The molecule has 0 unspecified atom stereocenters. The highest BCUT2D eigenvalue weighted by Crippen LogP contribution is 2.43. The Morgan fingerprint density at radius 2 is 2.03 bits per heavy atom. The number of fused-ring (bicyclic) bond motifs is 4. The SMILES string of the molecule is N#Cc1cc2nc(N)c3cncn3c2cc1C(=O)N(C1CC1)[C@@H]1COc2ncc(C(F)(F)F)cc21. The van der Waals surface area contributed by atoms with E-state index in [-0.39, 0.29) is 41.0 Å². The summed E-state index contributed by atoms with van der Waals surface area (Å²) >= 11 is 0. The number of hydrogen-bond acceptors (Lipinski definition) is 7. The normalized spacial score (nSPS) is 17.3. The maximum atomic E-state index is 13.9. The Morgan fingerprint density at radius 1 is 1.23 bits per heavy atom. The fourth-order valence-electron chi connectivity index (χ4n) is 4.51. The molecule has 4 aromatic rings. The molecule has 1 aliphatic heterocycles. The van der Waals surface area contributed by atoms with E-state index in [2.05, 4.69) is 15.0 Å². The van der Waals surface area contributed by atoms with Crippen molar-refractivity contribution in [1.82, 2.24) is 24.3 Å². The number of alkyl halides is 3. The third-order valence-corrected chi connectivity index (χ3v) is 6.32. The van der Waals surface area contributed by atoms with E-state index in [0.717, 1.165) is 12.3 Å². The van der Waals surface area contributed by atoms with Gasteiger partial charge in [0.25, 0.3) is 5.91 Å². The fraction of sp³-hybridized carbons (Fsp3) is 0.261. The molecule has 176 valence electrons. The number of ether oxygens (including phenoxy) is 1. The van der Waals surface area contributed by atoms with Gasteiger partial charge in [-0.15, -0.1) is 0 Å². The van der Waals surface area contributed by atoms with Gasteiger partial charge >= 0.3 is 6.18 Å². The van der Waals surface area contributed by atoms with Crippen LogP contribution in [0, 0.1) is 11.3 Å². The van der Waals surface area contributed by atoms with E-state index in [9.17, 15) is 23.2 Å². The zero-order chi connectivity index (χ0) is 24.5. The van der Waals surface area contributed by atoms with E-state index >= 15 is 0 Å². The van der Waals surface area contributed by atoms with Crippen LogP contribution >= 0.6 is 0 Å². The number of amides is 1. The average molecular weight is 479 g/mol. The number of nitrogens with zero attached hydrogens (tertiary/aromatic N) is 6. The lowest BCUT2D eigenvalue weighted by Gasteiger charge is -2.29. The van der Waals surface area contributed by atoms with Crippen molar-refractivity contribution < 1.29 is 22.7 Å². The summed E-state index contributed by atoms with van der Waals surface area (Å²) in [7, 11) is 0. The number of pyridine rings is 1. The highest BCUT2D eigenvalue weighted by Gasteiger charge is 2.44. The predicted molar refractivity (Wildman–Crippen MR) is 116 cm³/mol. The minimum absolute atomic E-state index is 0.0226. The number of rotatable bonds is 3. The molecule has 4 heterocycles. The fourth-order valence-corrected chi connectivity index (χ4v) is 4.51. The molecule has 1 saturated carbocycles. The monoisotopic (exact) mass is 479 g/mol. The number of carbonyl (C=O) groups is 1. The number of anilines is 1. The van der Waals surface area contributed by atoms with Crippen molar-refractivity contribution in [3.63, 3.8) is 0 Å². The third-order valence-electron chi connectivity index (χ3n) is 6.32. The van der Waals surface area contributed by atoms with E-state index in [1.807, 2.05) is 6.07 Å². The van der Waals surface area contributed by atoms with Gasteiger partial charge in [0.05, 0.1) is 46.3 Å².